The molecule has 0 unspecified atom stereocenters. The van der Waals surface area contributed by atoms with Gasteiger partial charge in [-0.25, -0.2) is 0 Å². The molecule has 4 aliphatic rings. The molecule has 0 spiro atoms. The summed E-state index contributed by atoms with van der Waals surface area (Å²) < 4.78 is 8.42. The Balaban J connectivity index is 1.20. The first-order valence-electron chi connectivity index (χ1n) is 11.6. The maximum atomic E-state index is 6.16. The van der Waals surface area contributed by atoms with E-state index < -0.39 is 0 Å². The fraction of sp³-hybridized carbons (Fsp3) is 0.423. The van der Waals surface area contributed by atoms with Crippen molar-refractivity contribution in [3.8, 4) is 5.75 Å². The Bertz CT molecular complexity index is 1260. The Hall–Kier alpha value is -2.95. The van der Waals surface area contributed by atoms with E-state index in [1.807, 2.05) is 30.5 Å². The fourth-order valence-electron chi connectivity index (χ4n) is 7.13. The molecule has 5 heteroatoms. The van der Waals surface area contributed by atoms with Gasteiger partial charge in [-0.1, -0.05) is 12.1 Å². The molecular formula is C26H26N4O. The number of ether oxygens (including phenoxy) is 1. The predicted octanol–water partition coefficient (Wildman–Crippen LogP) is 5.32. The average Bonchev–Trinajstić information content (AvgIpc) is 3.22. The van der Waals surface area contributed by atoms with Gasteiger partial charge in [-0.15, -0.1) is 10.2 Å². The van der Waals surface area contributed by atoms with Crippen molar-refractivity contribution in [1.29, 1.82) is 0 Å². The summed E-state index contributed by atoms with van der Waals surface area (Å²) >= 11 is 0. The molecule has 31 heavy (non-hydrogen) atoms. The van der Waals surface area contributed by atoms with Crippen LogP contribution in [0.2, 0.25) is 0 Å². The Labute approximate surface area is 181 Å². The lowest BCUT2D eigenvalue weighted by Crippen LogP contribution is -2.49. The molecular weight excluding hydrogens is 384 g/mol. The topological polar surface area (TPSA) is 52.3 Å². The Morgan fingerprint density at radius 3 is 2.55 bits per heavy atom. The molecule has 0 amide bonds. The van der Waals surface area contributed by atoms with Crippen LogP contribution in [-0.2, 0) is 12.0 Å². The molecule has 4 aromatic rings. The molecule has 4 bridgehead atoms. The van der Waals surface area contributed by atoms with E-state index in [1.54, 1.807) is 0 Å². The van der Waals surface area contributed by atoms with Crippen molar-refractivity contribution >= 4 is 16.6 Å². The van der Waals surface area contributed by atoms with Crippen LogP contribution in [-0.4, -0.2) is 19.6 Å². The third-order valence-corrected chi connectivity index (χ3v) is 8.00. The van der Waals surface area contributed by atoms with Crippen molar-refractivity contribution in [2.75, 3.05) is 0 Å². The molecule has 0 saturated heterocycles. The van der Waals surface area contributed by atoms with Crippen molar-refractivity contribution in [2.24, 2.45) is 17.8 Å². The van der Waals surface area contributed by atoms with E-state index in [-0.39, 0.29) is 5.41 Å². The van der Waals surface area contributed by atoms with Crippen LogP contribution in [0.25, 0.3) is 16.6 Å². The Morgan fingerprint density at radius 1 is 0.935 bits per heavy atom. The molecule has 4 saturated carbocycles. The van der Waals surface area contributed by atoms with Gasteiger partial charge in [-0.3, -0.25) is 9.38 Å². The molecule has 0 atom stereocenters. The average molecular weight is 411 g/mol. The van der Waals surface area contributed by atoms with Crippen LogP contribution < -0.4 is 4.74 Å². The second kappa shape index (κ2) is 6.52. The zero-order chi connectivity index (χ0) is 20.4. The number of hydrogen-bond donors (Lipinski definition) is 0. The standard InChI is InChI=1S/C26H26N4O/c1-3-20-12-22(5-6-23(20)27-7-1)31-16-21-4-2-8-30-24(21)28-29-25(30)26-13-17-9-18(14-26)11-19(10-17)15-26/h1-8,12,17-19H,9-11,13-16H2. The SMILES string of the molecule is c1cnc2ccc(OCc3cccn4c(C56CC7CC(CC(C7)C5)C6)nnc34)cc2c1. The van der Waals surface area contributed by atoms with Crippen molar-refractivity contribution in [3.05, 3.63) is 66.2 Å². The number of aromatic nitrogens is 4. The summed E-state index contributed by atoms with van der Waals surface area (Å²) in [6.07, 6.45) is 12.2. The summed E-state index contributed by atoms with van der Waals surface area (Å²) in [4.78, 5) is 4.38. The van der Waals surface area contributed by atoms with Crippen LogP contribution in [0.1, 0.15) is 49.9 Å². The lowest BCUT2D eigenvalue weighted by Gasteiger charge is -2.55. The third kappa shape index (κ3) is 2.79. The quantitative estimate of drug-likeness (QED) is 0.457. The summed E-state index contributed by atoms with van der Waals surface area (Å²) in [5.74, 6) is 4.73. The Kier molecular flexibility index (Phi) is 3.72. The highest BCUT2D eigenvalue weighted by Crippen LogP contribution is 2.60. The number of pyridine rings is 2. The molecule has 4 fully saturated rings. The van der Waals surface area contributed by atoms with Crippen molar-refractivity contribution in [3.63, 3.8) is 0 Å². The maximum Gasteiger partial charge on any atom is 0.167 e. The van der Waals surface area contributed by atoms with Crippen LogP contribution in [0.3, 0.4) is 0 Å². The third-order valence-electron chi connectivity index (χ3n) is 8.00. The lowest BCUT2D eigenvalue weighted by atomic mass is 9.49. The highest BCUT2D eigenvalue weighted by atomic mass is 16.5. The van der Waals surface area contributed by atoms with Gasteiger partial charge >= 0.3 is 0 Å². The summed E-state index contributed by atoms with van der Waals surface area (Å²) in [6.45, 7) is 0.481. The number of fused-ring (bicyclic) bond motifs is 2. The minimum atomic E-state index is 0.235. The van der Waals surface area contributed by atoms with Crippen LogP contribution >= 0.6 is 0 Å². The molecule has 0 aliphatic heterocycles. The highest BCUT2D eigenvalue weighted by Gasteiger charge is 2.53. The van der Waals surface area contributed by atoms with E-state index >= 15 is 0 Å². The first-order chi connectivity index (χ1) is 15.3. The van der Waals surface area contributed by atoms with Gasteiger partial charge in [-0.05, 0) is 86.6 Å². The predicted molar refractivity (Wildman–Crippen MR) is 119 cm³/mol. The molecule has 4 aliphatic carbocycles. The van der Waals surface area contributed by atoms with Crippen molar-refractivity contribution < 1.29 is 4.74 Å². The van der Waals surface area contributed by atoms with Gasteiger partial charge in [0.1, 0.15) is 18.2 Å². The zero-order valence-electron chi connectivity index (χ0n) is 17.6. The Morgan fingerprint density at radius 2 is 1.74 bits per heavy atom. The monoisotopic (exact) mass is 410 g/mol. The van der Waals surface area contributed by atoms with E-state index in [1.165, 1.54) is 44.3 Å². The highest BCUT2D eigenvalue weighted by molar-refractivity contribution is 5.79. The van der Waals surface area contributed by atoms with E-state index in [0.29, 0.717) is 6.61 Å². The smallest absolute Gasteiger partial charge is 0.167 e. The van der Waals surface area contributed by atoms with Crippen LogP contribution in [0.15, 0.2) is 54.9 Å². The van der Waals surface area contributed by atoms with Crippen molar-refractivity contribution in [2.45, 2.75) is 50.5 Å². The normalized spacial score (nSPS) is 29.1. The van der Waals surface area contributed by atoms with Gasteiger partial charge < -0.3 is 4.74 Å². The number of benzene rings is 1. The molecule has 0 radical (unpaired) electrons. The second-order valence-electron chi connectivity index (χ2n) is 10.1. The summed E-state index contributed by atoms with van der Waals surface area (Å²) in [5, 5.41) is 10.5. The summed E-state index contributed by atoms with van der Waals surface area (Å²) in [6, 6.07) is 14.3. The van der Waals surface area contributed by atoms with E-state index in [0.717, 1.165) is 45.6 Å². The van der Waals surface area contributed by atoms with Crippen molar-refractivity contribution in [1.82, 2.24) is 19.6 Å². The zero-order valence-corrected chi connectivity index (χ0v) is 17.6. The maximum absolute atomic E-state index is 6.16. The van der Waals surface area contributed by atoms with E-state index in [2.05, 4.69) is 38.9 Å². The number of nitrogens with zero attached hydrogens (tertiary/aromatic N) is 4. The minimum Gasteiger partial charge on any atom is -0.489 e. The van der Waals surface area contributed by atoms with Crippen LogP contribution in [0.5, 0.6) is 5.75 Å². The molecule has 0 N–H and O–H groups in total. The van der Waals surface area contributed by atoms with Gasteiger partial charge in [0.05, 0.1) is 5.52 Å². The molecule has 156 valence electrons. The van der Waals surface area contributed by atoms with Gasteiger partial charge in [-0.2, -0.15) is 0 Å². The first-order valence-corrected chi connectivity index (χ1v) is 11.6. The van der Waals surface area contributed by atoms with Gasteiger partial charge in [0.25, 0.3) is 0 Å². The van der Waals surface area contributed by atoms with E-state index in [4.69, 9.17) is 9.84 Å². The molecule has 3 heterocycles. The van der Waals surface area contributed by atoms with Gasteiger partial charge in [0.15, 0.2) is 5.65 Å². The van der Waals surface area contributed by atoms with Crippen LogP contribution in [0.4, 0.5) is 0 Å². The van der Waals surface area contributed by atoms with E-state index in [9.17, 15) is 0 Å². The summed E-state index contributed by atoms with van der Waals surface area (Å²) in [7, 11) is 0. The van der Waals surface area contributed by atoms with Gasteiger partial charge in [0.2, 0.25) is 0 Å². The molecule has 1 aromatic carbocycles. The first kappa shape index (κ1) is 17.7. The summed E-state index contributed by atoms with van der Waals surface area (Å²) in [5.41, 5.74) is 3.24. The minimum absolute atomic E-state index is 0.235. The lowest BCUT2D eigenvalue weighted by molar-refractivity contribution is -0.00984. The molecule has 3 aromatic heterocycles. The fourth-order valence-corrected chi connectivity index (χ4v) is 7.13. The molecule has 5 nitrogen and oxygen atoms in total. The largest absolute Gasteiger partial charge is 0.489 e. The number of rotatable bonds is 4. The molecule has 8 rings (SSSR count). The number of hydrogen-bond acceptors (Lipinski definition) is 4. The second-order valence-corrected chi connectivity index (χ2v) is 10.1. The van der Waals surface area contributed by atoms with Gasteiger partial charge in [0, 0.05) is 28.8 Å². The van der Waals surface area contributed by atoms with Crippen LogP contribution in [0, 0.1) is 17.8 Å².